The number of hydrogen-bond donors (Lipinski definition) is 1. The van der Waals surface area contributed by atoms with Gasteiger partial charge in [-0.05, 0) is 60.2 Å². The number of rotatable bonds is 4. The highest BCUT2D eigenvalue weighted by Crippen LogP contribution is 2.15. The number of nitrogens with zero attached hydrogens (tertiary/aromatic N) is 4. The van der Waals surface area contributed by atoms with Gasteiger partial charge in [0.2, 0.25) is 0 Å². The Balaban J connectivity index is 1.69. The van der Waals surface area contributed by atoms with E-state index in [9.17, 15) is 4.79 Å². The molecule has 0 radical (unpaired) electrons. The Bertz CT molecular complexity index is 879. The Morgan fingerprint density at radius 2 is 1.92 bits per heavy atom. The highest BCUT2D eigenvalue weighted by atomic mass is 127. The van der Waals surface area contributed by atoms with Crippen LogP contribution in [0.2, 0.25) is 0 Å². The monoisotopic (exact) mass is 435 g/mol. The van der Waals surface area contributed by atoms with Gasteiger partial charge in [0.15, 0.2) is 5.69 Å². The third-order valence-electron chi connectivity index (χ3n) is 3.65. The van der Waals surface area contributed by atoms with Crippen molar-refractivity contribution in [3.05, 3.63) is 62.7 Å². The molecule has 0 unspecified atom stereocenters. The zero-order chi connectivity index (χ0) is 17.3. The van der Waals surface area contributed by atoms with E-state index in [0.717, 1.165) is 26.2 Å². The number of hydrogen-bond acceptors (Lipinski definition) is 3. The minimum absolute atomic E-state index is 0.203. The van der Waals surface area contributed by atoms with Crippen molar-refractivity contribution in [2.45, 2.75) is 20.4 Å². The second kappa shape index (κ2) is 6.76. The molecule has 0 bridgehead atoms. The fourth-order valence-corrected chi connectivity index (χ4v) is 3.26. The molecule has 124 valence electrons. The van der Waals surface area contributed by atoms with Gasteiger partial charge in [0.25, 0.3) is 5.91 Å². The van der Waals surface area contributed by atoms with Gasteiger partial charge in [-0.15, -0.1) is 0 Å². The molecule has 0 fully saturated rings. The average Bonchev–Trinajstić information content (AvgIpc) is 3.02. The summed E-state index contributed by atoms with van der Waals surface area (Å²) in [5.41, 5.74) is 4.46. The molecule has 0 aliphatic rings. The summed E-state index contributed by atoms with van der Waals surface area (Å²) >= 11 is 2.11. The van der Waals surface area contributed by atoms with Gasteiger partial charge in [-0.25, -0.2) is 0 Å². The number of aromatic nitrogens is 4. The Morgan fingerprint density at radius 1 is 1.21 bits per heavy atom. The molecule has 6 nitrogen and oxygen atoms in total. The highest BCUT2D eigenvalue weighted by molar-refractivity contribution is 14.1. The number of benzene rings is 1. The van der Waals surface area contributed by atoms with Crippen LogP contribution in [0.15, 0.2) is 36.5 Å². The van der Waals surface area contributed by atoms with Crippen molar-refractivity contribution in [2.24, 2.45) is 7.05 Å². The standard InChI is InChI=1S/C17H18IN5O/c1-11-8-12(2)23(20-11)9-13-4-6-14(7-5-13)19-17(24)16-15(18)10-22(3)21-16/h4-8,10H,9H2,1-3H3,(H,19,24). The Labute approximate surface area is 154 Å². The number of amides is 1. The maximum atomic E-state index is 12.3. The van der Waals surface area contributed by atoms with Crippen molar-refractivity contribution < 1.29 is 4.79 Å². The van der Waals surface area contributed by atoms with E-state index in [4.69, 9.17) is 0 Å². The Morgan fingerprint density at radius 3 is 2.46 bits per heavy atom. The van der Waals surface area contributed by atoms with E-state index < -0.39 is 0 Å². The van der Waals surface area contributed by atoms with Crippen LogP contribution in [0.1, 0.15) is 27.4 Å². The van der Waals surface area contributed by atoms with Gasteiger partial charge >= 0.3 is 0 Å². The van der Waals surface area contributed by atoms with E-state index in [1.165, 1.54) is 0 Å². The van der Waals surface area contributed by atoms with E-state index >= 15 is 0 Å². The molecule has 2 aromatic heterocycles. The summed E-state index contributed by atoms with van der Waals surface area (Å²) in [6.07, 6.45) is 1.81. The first-order chi connectivity index (χ1) is 11.4. The van der Waals surface area contributed by atoms with Crippen LogP contribution in [0, 0.1) is 17.4 Å². The van der Waals surface area contributed by atoms with Gasteiger partial charge in [-0.3, -0.25) is 14.2 Å². The number of halogens is 1. The van der Waals surface area contributed by atoms with Crippen molar-refractivity contribution >= 4 is 34.2 Å². The predicted octanol–water partition coefficient (Wildman–Crippen LogP) is 3.14. The zero-order valence-corrected chi connectivity index (χ0v) is 15.9. The van der Waals surface area contributed by atoms with Crippen LogP contribution in [0.4, 0.5) is 5.69 Å². The van der Waals surface area contributed by atoms with Gasteiger partial charge in [0.05, 0.1) is 15.8 Å². The third-order valence-corrected chi connectivity index (χ3v) is 4.44. The van der Waals surface area contributed by atoms with E-state index in [1.54, 1.807) is 11.7 Å². The minimum atomic E-state index is -0.203. The molecular weight excluding hydrogens is 417 g/mol. The van der Waals surface area contributed by atoms with E-state index in [1.807, 2.05) is 49.0 Å². The molecule has 0 saturated carbocycles. The molecule has 0 atom stereocenters. The summed E-state index contributed by atoms with van der Waals surface area (Å²) in [5.74, 6) is -0.203. The molecular formula is C17H18IN5O. The summed E-state index contributed by atoms with van der Waals surface area (Å²) in [7, 11) is 1.80. The van der Waals surface area contributed by atoms with Crippen molar-refractivity contribution in [1.29, 1.82) is 0 Å². The fourth-order valence-electron chi connectivity index (χ4n) is 2.51. The Hall–Kier alpha value is -2.16. The number of anilines is 1. The molecule has 1 N–H and O–H groups in total. The molecule has 0 spiro atoms. The quantitative estimate of drug-likeness (QED) is 0.641. The first-order valence-electron chi connectivity index (χ1n) is 7.53. The topological polar surface area (TPSA) is 64.7 Å². The van der Waals surface area contributed by atoms with Gasteiger partial charge in [0.1, 0.15) is 0 Å². The summed E-state index contributed by atoms with van der Waals surface area (Å²) in [4.78, 5) is 12.3. The van der Waals surface area contributed by atoms with E-state index in [2.05, 4.69) is 44.2 Å². The summed E-state index contributed by atoms with van der Waals surface area (Å²) < 4.78 is 4.43. The molecule has 0 saturated heterocycles. The lowest BCUT2D eigenvalue weighted by Gasteiger charge is -2.07. The van der Waals surface area contributed by atoms with Crippen LogP contribution in [0.5, 0.6) is 0 Å². The summed E-state index contributed by atoms with van der Waals surface area (Å²) in [6, 6.07) is 9.84. The SMILES string of the molecule is Cc1cc(C)n(Cc2ccc(NC(=O)c3nn(C)cc3I)cc2)n1. The van der Waals surface area contributed by atoms with Crippen LogP contribution >= 0.6 is 22.6 Å². The van der Waals surface area contributed by atoms with Crippen LogP contribution in [0.3, 0.4) is 0 Å². The lowest BCUT2D eigenvalue weighted by molar-refractivity contribution is 0.102. The molecule has 1 amide bonds. The fraction of sp³-hybridized carbons (Fsp3) is 0.235. The average molecular weight is 435 g/mol. The third kappa shape index (κ3) is 3.66. The van der Waals surface area contributed by atoms with E-state index in [-0.39, 0.29) is 5.91 Å². The van der Waals surface area contributed by atoms with Crippen LogP contribution < -0.4 is 5.32 Å². The minimum Gasteiger partial charge on any atom is -0.321 e. The molecule has 3 aromatic rings. The predicted molar refractivity (Wildman–Crippen MR) is 101 cm³/mol. The summed E-state index contributed by atoms with van der Waals surface area (Å²) in [6.45, 7) is 4.75. The lowest BCUT2D eigenvalue weighted by atomic mass is 10.2. The smallest absolute Gasteiger partial charge is 0.277 e. The second-order valence-corrected chi connectivity index (χ2v) is 6.90. The van der Waals surface area contributed by atoms with Crippen molar-refractivity contribution in [1.82, 2.24) is 19.6 Å². The largest absolute Gasteiger partial charge is 0.321 e. The maximum Gasteiger partial charge on any atom is 0.277 e. The molecule has 1 aromatic carbocycles. The lowest BCUT2D eigenvalue weighted by Crippen LogP contribution is -2.14. The number of carbonyl (C=O) groups excluding carboxylic acids is 1. The first-order valence-corrected chi connectivity index (χ1v) is 8.61. The summed E-state index contributed by atoms with van der Waals surface area (Å²) in [5, 5.41) is 11.5. The normalized spacial score (nSPS) is 10.8. The van der Waals surface area contributed by atoms with Crippen LogP contribution in [0.25, 0.3) is 0 Å². The molecule has 0 aliphatic carbocycles. The zero-order valence-electron chi connectivity index (χ0n) is 13.7. The van der Waals surface area contributed by atoms with E-state index in [0.29, 0.717) is 12.2 Å². The Kier molecular flexibility index (Phi) is 4.70. The highest BCUT2D eigenvalue weighted by Gasteiger charge is 2.14. The number of aryl methyl sites for hydroxylation is 3. The van der Waals surface area contributed by atoms with Crippen LogP contribution in [-0.2, 0) is 13.6 Å². The molecule has 0 aliphatic heterocycles. The van der Waals surface area contributed by atoms with Crippen molar-refractivity contribution in [3.8, 4) is 0 Å². The van der Waals surface area contributed by atoms with Crippen molar-refractivity contribution in [2.75, 3.05) is 5.32 Å². The van der Waals surface area contributed by atoms with Gasteiger partial charge in [-0.1, -0.05) is 12.1 Å². The van der Waals surface area contributed by atoms with Gasteiger partial charge in [-0.2, -0.15) is 10.2 Å². The molecule has 24 heavy (non-hydrogen) atoms. The van der Waals surface area contributed by atoms with Gasteiger partial charge < -0.3 is 5.32 Å². The number of nitrogens with one attached hydrogen (secondary N) is 1. The maximum absolute atomic E-state index is 12.3. The van der Waals surface area contributed by atoms with Crippen LogP contribution in [-0.4, -0.2) is 25.5 Å². The van der Waals surface area contributed by atoms with Crippen molar-refractivity contribution in [3.63, 3.8) is 0 Å². The number of carbonyl (C=O) groups is 1. The molecule has 7 heteroatoms. The molecule has 3 rings (SSSR count). The first kappa shape index (κ1) is 16.7. The van der Waals surface area contributed by atoms with Gasteiger partial charge in [0, 0.05) is 24.6 Å². The molecule has 2 heterocycles. The second-order valence-electron chi connectivity index (χ2n) is 5.74.